The van der Waals surface area contributed by atoms with Crippen LogP contribution in [0, 0.1) is 5.92 Å². The lowest BCUT2D eigenvalue weighted by atomic mass is 9.91. The zero-order valence-electron chi connectivity index (χ0n) is 13.5. The molecule has 1 heterocycles. The minimum Gasteiger partial charge on any atom is -0.376 e. The first-order chi connectivity index (χ1) is 9.70. The van der Waals surface area contributed by atoms with Crippen molar-refractivity contribution in [3.05, 3.63) is 12.2 Å². The first-order valence-corrected chi connectivity index (χ1v) is 8.36. The maximum atomic E-state index is 6.28. The van der Waals surface area contributed by atoms with Gasteiger partial charge in [0.05, 0.1) is 24.9 Å². The van der Waals surface area contributed by atoms with Crippen molar-refractivity contribution in [2.45, 2.75) is 77.5 Å². The fourth-order valence-corrected chi connectivity index (χ4v) is 2.78. The molecular weight excluding hydrogens is 250 g/mol. The highest BCUT2D eigenvalue weighted by molar-refractivity contribution is 5.01. The van der Waals surface area contributed by atoms with Crippen LogP contribution in [0.1, 0.15) is 59.3 Å². The summed E-state index contributed by atoms with van der Waals surface area (Å²) in [6.07, 6.45) is 12.2. The summed E-state index contributed by atoms with van der Waals surface area (Å²) in [6, 6.07) is -0.0463. The molecule has 0 aromatic rings. The van der Waals surface area contributed by atoms with Crippen LogP contribution in [0.25, 0.3) is 0 Å². The Morgan fingerprint density at radius 2 is 1.95 bits per heavy atom. The summed E-state index contributed by atoms with van der Waals surface area (Å²) in [5.41, 5.74) is 6.28. The van der Waals surface area contributed by atoms with Crippen LogP contribution in [0.2, 0.25) is 0 Å². The van der Waals surface area contributed by atoms with Gasteiger partial charge in [-0.15, -0.1) is 0 Å². The quantitative estimate of drug-likeness (QED) is 0.518. The Bertz CT molecular complexity index is 268. The third kappa shape index (κ3) is 5.94. The lowest BCUT2D eigenvalue weighted by molar-refractivity contribution is -0.101. The van der Waals surface area contributed by atoms with Gasteiger partial charge in [0.25, 0.3) is 0 Å². The Morgan fingerprint density at radius 3 is 2.65 bits per heavy atom. The van der Waals surface area contributed by atoms with Gasteiger partial charge in [-0.05, 0) is 19.8 Å². The van der Waals surface area contributed by atoms with Crippen molar-refractivity contribution >= 4 is 0 Å². The summed E-state index contributed by atoms with van der Waals surface area (Å²) in [5.74, 6) is 0.378. The van der Waals surface area contributed by atoms with Gasteiger partial charge in [0.2, 0.25) is 0 Å². The molecule has 0 radical (unpaired) electrons. The Balaban J connectivity index is 2.28. The van der Waals surface area contributed by atoms with E-state index in [0.717, 1.165) is 19.6 Å². The van der Waals surface area contributed by atoms with E-state index in [4.69, 9.17) is 15.2 Å². The van der Waals surface area contributed by atoms with Crippen molar-refractivity contribution in [1.29, 1.82) is 0 Å². The SMILES string of the molecule is CCCCCCCC=C[C@@H]1OC[C@H](C)[C@H](OCC)[C@@H]1N. The second-order valence-electron chi connectivity index (χ2n) is 5.90. The Morgan fingerprint density at radius 1 is 1.20 bits per heavy atom. The molecular formula is C17H33NO2. The first-order valence-electron chi connectivity index (χ1n) is 8.36. The van der Waals surface area contributed by atoms with Crippen molar-refractivity contribution in [3.8, 4) is 0 Å². The van der Waals surface area contributed by atoms with Crippen LogP contribution in [0.15, 0.2) is 12.2 Å². The minimum absolute atomic E-state index is 0.0124. The first kappa shape index (κ1) is 17.7. The summed E-state index contributed by atoms with van der Waals surface area (Å²) in [6.45, 7) is 7.88. The number of hydrogen-bond acceptors (Lipinski definition) is 3. The largest absolute Gasteiger partial charge is 0.376 e. The topological polar surface area (TPSA) is 44.5 Å². The van der Waals surface area contributed by atoms with Crippen molar-refractivity contribution in [1.82, 2.24) is 0 Å². The van der Waals surface area contributed by atoms with Crippen molar-refractivity contribution in [3.63, 3.8) is 0 Å². The lowest BCUT2D eigenvalue weighted by Gasteiger charge is -2.38. The molecule has 20 heavy (non-hydrogen) atoms. The van der Waals surface area contributed by atoms with Crippen molar-refractivity contribution < 1.29 is 9.47 Å². The number of hydrogen-bond donors (Lipinski definition) is 1. The Kier molecular flexibility index (Phi) is 9.16. The molecule has 1 saturated heterocycles. The highest BCUT2D eigenvalue weighted by Gasteiger charge is 2.35. The van der Waals surface area contributed by atoms with Crippen LogP contribution < -0.4 is 5.73 Å². The van der Waals surface area contributed by atoms with E-state index in [1.165, 1.54) is 32.1 Å². The van der Waals surface area contributed by atoms with Gasteiger partial charge in [-0.2, -0.15) is 0 Å². The minimum atomic E-state index is -0.0463. The van der Waals surface area contributed by atoms with E-state index < -0.39 is 0 Å². The molecule has 0 amide bonds. The molecule has 1 fully saturated rings. The molecule has 3 heteroatoms. The van der Waals surface area contributed by atoms with Crippen LogP contribution >= 0.6 is 0 Å². The molecule has 0 aromatic carbocycles. The van der Waals surface area contributed by atoms with Crippen LogP contribution in [0.3, 0.4) is 0 Å². The average Bonchev–Trinajstić information content (AvgIpc) is 2.44. The normalized spacial score (nSPS) is 31.0. The van der Waals surface area contributed by atoms with Gasteiger partial charge in [-0.3, -0.25) is 0 Å². The second kappa shape index (κ2) is 10.4. The number of unbranched alkanes of at least 4 members (excludes halogenated alkanes) is 5. The number of rotatable bonds is 9. The monoisotopic (exact) mass is 283 g/mol. The molecule has 0 aliphatic carbocycles. The predicted molar refractivity (Wildman–Crippen MR) is 84.8 cm³/mol. The van der Waals surface area contributed by atoms with Crippen LogP contribution in [0.4, 0.5) is 0 Å². The standard InChI is InChI=1S/C17H33NO2/c1-4-6-7-8-9-10-11-12-15-16(18)17(19-5-2)14(3)13-20-15/h11-12,14-17H,4-10,13,18H2,1-3H3/t14-,15-,16+,17-/m0/s1. The average molecular weight is 283 g/mol. The molecule has 0 bridgehead atoms. The van der Waals surface area contributed by atoms with Gasteiger partial charge in [-0.1, -0.05) is 51.7 Å². The molecule has 2 N–H and O–H groups in total. The molecule has 0 unspecified atom stereocenters. The fourth-order valence-electron chi connectivity index (χ4n) is 2.78. The second-order valence-corrected chi connectivity index (χ2v) is 5.90. The van der Waals surface area contributed by atoms with E-state index in [2.05, 4.69) is 26.0 Å². The summed E-state index contributed by atoms with van der Waals surface area (Å²) >= 11 is 0. The van der Waals surface area contributed by atoms with Crippen molar-refractivity contribution in [2.24, 2.45) is 11.7 Å². The maximum absolute atomic E-state index is 6.28. The smallest absolute Gasteiger partial charge is 0.0932 e. The summed E-state index contributed by atoms with van der Waals surface area (Å²) < 4.78 is 11.6. The third-order valence-electron chi connectivity index (χ3n) is 4.03. The van der Waals surface area contributed by atoms with Crippen molar-refractivity contribution in [2.75, 3.05) is 13.2 Å². The van der Waals surface area contributed by atoms with Gasteiger partial charge < -0.3 is 15.2 Å². The van der Waals surface area contributed by atoms with E-state index in [9.17, 15) is 0 Å². The number of ether oxygens (including phenoxy) is 2. The zero-order chi connectivity index (χ0) is 14.8. The molecule has 3 nitrogen and oxygen atoms in total. The van der Waals surface area contributed by atoms with Gasteiger partial charge in [-0.25, -0.2) is 0 Å². The zero-order valence-corrected chi connectivity index (χ0v) is 13.5. The molecule has 118 valence electrons. The Labute approximate surface area is 124 Å². The summed E-state index contributed by atoms with van der Waals surface area (Å²) in [7, 11) is 0. The number of allylic oxidation sites excluding steroid dienone is 1. The van der Waals surface area contributed by atoms with Gasteiger partial charge in [0.15, 0.2) is 0 Å². The van der Waals surface area contributed by atoms with Gasteiger partial charge in [0, 0.05) is 12.5 Å². The van der Waals surface area contributed by atoms with Crippen LogP contribution in [0.5, 0.6) is 0 Å². The molecule has 0 aromatic heterocycles. The molecule has 4 atom stereocenters. The van der Waals surface area contributed by atoms with Gasteiger partial charge in [0.1, 0.15) is 0 Å². The molecule has 1 aliphatic rings. The highest BCUT2D eigenvalue weighted by Crippen LogP contribution is 2.22. The van der Waals surface area contributed by atoms with E-state index in [-0.39, 0.29) is 18.2 Å². The third-order valence-corrected chi connectivity index (χ3v) is 4.03. The number of nitrogens with two attached hydrogens (primary N) is 1. The lowest BCUT2D eigenvalue weighted by Crippen LogP contribution is -2.54. The molecule has 0 saturated carbocycles. The molecule has 1 rings (SSSR count). The Hall–Kier alpha value is -0.380. The fraction of sp³-hybridized carbons (Fsp3) is 0.882. The van der Waals surface area contributed by atoms with E-state index >= 15 is 0 Å². The van der Waals surface area contributed by atoms with E-state index in [0.29, 0.717) is 5.92 Å². The predicted octanol–water partition coefficient (Wildman–Crippen LogP) is 3.67. The highest BCUT2D eigenvalue weighted by atomic mass is 16.5. The van der Waals surface area contributed by atoms with Gasteiger partial charge >= 0.3 is 0 Å². The van der Waals surface area contributed by atoms with E-state index in [1.807, 2.05) is 6.92 Å². The molecule has 1 aliphatic heterocycles. The maximum Gasteiger partial charge on any atom is 0.0932 e. The van der Waals surface area contributed by atoms with Crippen LogP contribution in [-0.4, -0.2) is 31.5 Å². The summed E-state index contributed by atoms with van der Waals surface area (Å²) in [4.78, 5) is 0. The van der Waals surface area contributed by atoms with E-state index in [1.54, 1.807) is 0 Å². The molecule has 0 spiro atoms. The summed E-state index contributed by atoms with van der Waals surface area (Å²) in [5, 5.41) is 0. The van der Waals surface area contributed by atoms with Crippen LogP contribution in [-0.2, 0) is 9.47 Å².